The van der Waals surface area contributed by atoms with Gasteiger partial charge in [0.1, 0.15) is 0 Å². The molecule has 1 amide bonds. The van der Waals surface area contributed by atoms with Gasteiger partial charge in [-0.25, -0.2) is 0 Å². The number of aromatic nitrogens is 2. The number of carbonyl (C=O) groups excluding carboxylic acids is 1. The van der Waals surface area contributed by atoms with Crippen LogP contribution < -0.4 is 9.47 Å². The maximum atomic E-state index is 12.8. The van der Waals surface area contributed by atoms with Crippen molar-refractivity contribution in [3.63, 3.8) is 0 Å². The van der Waals surface area contributed by atoms with Crippen molar-refractivity contribution in [2.75, 3.05) is 26.4 Å². The zero-order valence-corrected chi connectivity index (χ0v) is 14.7. The number of aromatic amines is 1. The molecule has 7 nitrogen and oxygen atoms in total. The van der Waals surface area contributed by atoms with Gasteiger partial charge in [-0.3, -0.25) is 14.8 Å². The number of fused-ring (bicyclic) bond motifs is 2. The third-order valence-electron chi connectivity index (χ3n) is 5.45. The molecule has 0 bridgehead atoms. The number of amides is 1. The molecule has 0 unspecified atom stereocenters. The van der Waals surface area contributed by atoms with Crippen LogP contribution in [0, 0.1) is 0 Å². The first-order valence-electron chi connectivity index (χ1n) is 9.24. The number of H-pyrrole nitrogens is 1. The molecule has 1 aromatic heterocycles. The Bertz CT molecular complexity index is 841. The second kappa shape index (κ2) is 6.32. The molecule has 3 aliphatic heterocycles. The lowest BCUT2D eigenvalue weighted by Gasteiger charge is -2.27. The van der Waals surface area contributed by atoms with Gasteiger partial charge >= 0.3 is 0 Å². The Morgan fingerprint density at radius 3 is 2.88 bits per heavy atom. The van der Waals surface area contributed by atoms with E-state index in [9.17, 15) is 4.79 Å². The van der Waals surface area contributed by atoms with E-state index in [0.29, 0.717) is 12.5 Å². The summed E-state index contributed by atoms with van der Waals surface area (Å²) in [6, 6.07) is 6.09. The van der Waals surface area contributed by atoms with Crippen LogP contribution in [0.1, 0.15) is 40.2 Å². The molecule has 3 aliphatic rings. The van der Waals surface area contributed by atoms with Gasteiger partial charge < -0.3 is 14.4 Å². The number of rotatable bonds is 3. The molecule has 1 saturated heterocycles. The molecule has 0 aliphatic carbocycles. The Kier molecular flexibility index (Phi) is 3.81. The number of ether oxygens (including phenoxy) is 2. The highest BCUT2D eigenvalue weighted by molar-refractivity contribution is 5.94. The van der Waals surface area contributed by atoms with Gasteiger partial charge in [0.2, 0.25) is 6.79 Å². The Balaban J connectivity index is 1.33. The van der Waals surface area contributed by atoms with E-state index in [0.717, 1.165) is 74.7 Å². The van der Waals surface area contributed by atoms with Crippen molar-refractivity contribution < 1.29 is 14.3 Å². The van der Waals surface area contributed by atoms with Crippen LogP contribution >= 0.6 is 0 Å². The fourth-order valence-electron chi connectivity index (χ4n) is 4.03. The minimum Gasteiger partial charge on any atom is -0.454 e. The van der Waals surface area contributed by atoms with Crippen molar-refractivity contribution in [3.8, 4) is 11.5 Å². The first kappa shape index (κ1) is 15.7. The number of likely N-dealkylation sites (tertiary alicyclic amines) is 1. The fourth-order valence-corrected chi connectivity index (χ4v) is 4.03. The highest BCUT2D eigenvalue weighted by Crippen LogP contribution is 2.33. The summed E-state index contributed by atoms with van der Waals surface area (Å²) >= 11 is 0. The van der Waals surface area contributed by atoms with Crippen molar-refractivity contribution in [1.82, 2.24) is 20.0 Å². The van der Waals surface area contributed by atoms with Crippen molar-refractivity contribution in [2.24, 2.45) is 0 Å². The summed E-state index contributed by atoms with van der Waals surface area (Å²) in [7, 11) is 0. The number of benzene rings is 1. The van der Waals surface area contributed by atoms with E-state index in [4.69, 9.17) is 9.47 Å². The van der Waals surface area contributed by atoms with E-state index < -0.39 is 0 Å². The molecule has 7 heteroatoms. The average molecular weight is 354 g/mol. The van der Waals surface area contributed by atoms with Crippen LogP contribution in [0.5, 0.6) is 11.5 Å². The predicted octanol–water partition coefficient (Wildman–Crippen LogP) is 1.93. The SMILES string of the molecule is O=C(c1n[nH]c2c1CN(Cc1ccc3c(c1)OCO3)CC2)N1CCCC1. The Hall–Kier alpha value is -2.54. The number of nitrogens with zero attached hydrogens (tertiary/aromatic N) is 3. The molecule has 1 fully saturated rings. The minimum absolute atomic E-state index is 0.0740. The van der Waals surface area contributed by atoms with Crippen LogP contribution in [0.15, 0.2) is 18.2 Å². The zero-order valence-electron chi connectivity index (χ0n) is 14.7. The van der Waals surface area contributed by atoms with Gasteiger partial charge in [0.15, 0.2) is 17.2 Å². The van der Waals surface area contributed by atoms with Gasteiger partial charge in [-0.05, 0) is 30.5 Å². The molecule has 26 heavy (non-hydrogen) atoms. The third kappa shape index (κ3) is 2.72. The van der Waals surface area contributed by atoms with Gasteiger partial charge in [0, 0.05) is 50.4 Å². The van der Waals surface area contributed by atoms with Crippen LogP contribution in [0.4, 0.5) is 0 Å². The molecule has 4 heterocycles. The summed E-state index contributed by atoms with van der Waals surface area (Å²) < 4.78 is 10.9. The largest absolute Gasteiger partial charge is 0.454 e. The van der Waals surface area contributed by atoms with Crippen LogP contribution in [0.25, 0.3) is 0 Å². The monoisotopic (exact) mass is 354 g/mol. The maximum absolute atomic E-state index is 12.8. The van der Waals surface area contributed by atoms with Gasteiger partial charge in [-0.2, -0.15) is 5.10 Å². The molecule has 0 radical (unpaired) electrons. The molecule has 136 valence electrons. The Morgan fingerprint density at radius 1 is 1.15 bits per heavy atom. The number of nitrogens with one attached hydrogen (secondary N) is 1. The summed E-state index contributed by atoms with van der Waals surface area (Å²) in [5.74, 6) is 1.70. The second-order valence-electron chi connectivity index (χ2n) is 7.18. The average Bonchev–Trinajstić information content (AvgIpc) is 3.40. The maximum Gasteiger partial charge on any atom is 0.274 e. The molecule has 1 N–H and O–H groups in total. The lowest BCUT2D eigenvalue weighted by atomic mass is 10.0. The van der Waals surface area contributed by atoms with Gasteiger partial charge in [0.25, 0.3) is 5.91 Å². The van der Waals surface area contributed by atoms with Gasteiger partial charge in [-0.1, -0.05) is 6.07 Å². The van der Waals surface area contributed by atoms with Crippen LogP contribution in [-0.4, -0.2) is 52.3 Å². The van der Waals surface area contributed by atoms with Crippen LogP contribution in [0.2, 0.25) is 0 Å². The molecular weight excluding hydrogens is 332 g/mol. The zero-order chi connectivity index (χ0) is 17.5. The summed E-state index contributed by atoms with van der Waals surface area (Å²) in [5.41, 5.74) is 3.97. The molecule has 0 saturated carbocycles. The lowest BCUT2D eigenvalue weighted by molar-refractivity contribution is 0.0784. The predicted molar refractivity (Wildman–Crippen MR) is 94.1 cm³/mol. The van der Waals surface area contributed by atoms with E-state index in [1.807, 2.05) is 17.0 Å². The van der Waals surface area contributed by atoms with E-state index in [2.05, 4.69) is 21.2 Å². The Morgan fingerprint density at radius 2 is 2.00 bits per heavy atom. The lowest BCUT2D eigenvalue weighted by Crippen LogP contribution is -2.33. The highest BCUT2D eigenvalue weighted by atomic mass is 16.7. The number of hydrogen-bond acceptors (Lipinski definition) is 5. The summed E-state index contributed by atoms with van der Waals surface area (Å²) in [6.07, 6.45) is 3.07. The molecule has 2 aromatic rings. The smallest absolute Gasteiger partial charge is 0.274 e. The molecule has 5 rings (SSSR count). The molecule has 0 atom stereocenters. The summed E-state index contributed by atoms with van der Waals surface area (Å²) in [5, 5.41) is 7.44. The van der Waals surface area contributed by atoms with Crippen molar-refractivity contribution >= 4 is 5.91 Å². The summed E-state index contributed by atoms with van der Waals surface area (Å²) in [6.45, 7) is 4.50. The normalized spacial score (nSPS) is 19.0. The highest BCUT2D eigenvalue weighted by Gasteiger charge is 2.29. The Labute approximate surface area is 151 Å². The third-order valence-corrected chi connectivity index (χ3v) is 5.45. The standard InChI is InChI=1S/C19H22N4O3/c24-19(23-6-1-2-7-23)18-14-11-22(8-5-15(14)20-21-18)10-13-3-4-16-17(9-13)26-12-25-16/h3-4,9H,1-2,5-8,10-12H2,(H,20,21). The second-order valence-corrected chi connectivity index (χ2v) is 7.18. The molecular formula is C19H22N4O3. The number of carbonyl (C=O) groups is 1. The van der Waals surface area contributed by atoms with Crippen molar-refractivity contribution in [3.05, 3.63) is 40.7 Å². The van der Waals surface area contributed by atoms with Crippen LogP contribution in [-0.2, 0) is 19.5 Å². The quantitative estimate of drug-likeness (QED) is 0.912. The summed E-state index contributed by atoms with van der Waals surface area (Å²) in [4.78, 5) is 17.0. The first-order valence-corrected chi connectivity index (χ1v) is 9.24. The van der Waals surface area contributed by atoms with E-state index in [1.165, 1.54) is 5.56 Å². The van der Waals surface area contributed by atoms with Gasteiger partial charge in [0.05, 0.1) is 0 Å². The topological polar surface area (TPSA) is 70.7 Å². The molecule has 1 aromatic carbocycles. The van der Waals surface area contributed by atoms with E-state index >= 15 is 0 Å². The number of hydrogen-bond donors (Lipinski definition) is 1. The first-order chi connectivity index (χ1) is 12.8. The van der Waals surface area contributed by atoms with E-state index in [1.54, 1.807) is 0 Å². The minimum atomic E-state index is 0.0740. The van der Waals surface area contributed by atoms with Crippen molar-refractivity contribution in [2.45, 2.75) is 32.4 Å². The van der Waals surface area contributed by atoms with E-state index in [-0.39, 0.29) is 5.91 Å². The fraction of sp³-hybridized carbons (Fsp3) is 0.474. The van der Waals surface area contributed by atoms with Crippen LogP contribution in [0.3, 0.4) is 0 Å². The van der Waals surface area contributed by atoms with Gasteiger partial charge in [-0.15, -0.1) is 0 Å². The van der Waals surface area contributed by atoms with Crippen molar-refractivity contribution in [1.29, 1.82) is 0 Å². The molecule has 0 spiro atoms.